The van der Waals surface area contributed by atoms with E-state index in [2.05, 4.69) is 36.5 Å². The fourth-order valence-electron chi connectivity index (χ4n) is 2.92. The first-order chi connectivity index (χ1) is 9.75. The minimum absolute atomic E-state index is 0. The van der Waals surface area contributed by atoms with Gasteiger partial charge in [-0.25, -0.2) is 0 Å². The summed E-state index contributed by atoms with van der Waals surface area (Å²) in [6.07, 6.45) is 0.492. The molecule has 21 heavy (non-hydrogen) atoms. The van der Waals surface area contributed by atoms with Crippen LogP contribution in [0.5, 0.6) is 0 Å². The van der Waals surface area contributed by atoms with Crippen molar-refractivity contribution >= 4 is 29.1 Å². The first-order valence-electron chi connectivity index (χ1n) is 7.22. The van der Waals surface area contributed by atoms with Gasteiger partial charge in [-0.05, 0) is 23.3 Å². The summed E-state index contributed by atoms with van der Waals surface area (Å²) in [4.78, 5) is 14.5. The van der Waals surface area contributed by atoms with Gasteiger partial charge in [0.1, 0.15) is 0 Å². The second-order valence-electron chi connectivity index (χ2n) is 5.46. The van der Waals surface area contributed by atoms with E-state index in [0.29, 0.717) is 6.42 Å². The second kappa shape index (κ2) is 6.92. The van der Waals surface area contributed by atoms with Gasteiger partial charge in [0.05, 0.1) is 6.42 Å². The molecule has 0 spiro atoms. The molecule has 4 heteroatoms. The monoisotopic (exact) mass is 304 g/mol. The SMILES string of the molecule is C[C@H]1CNCCN1C(=O)Cc1cccc2ccccc12.Cl. The van der Waals surface area contributed by atoms with Crippen molar-refractivity contribution < 1.29 is 4.79 Å². The zero-order valence-corrected chi connectivity index (χ0v) is 13.0. The summed E-state index contributed by atoms with van der Waals surface area (Å²) in [7, 11) is 0. The van der Waals surface area contributed by atoms with Gasteiger partial charge in [0.25, 0.3) is 0 Å². The van der Waals surface area contributed by atoms with Gasteiger partial charge in [-0.3, -0.25) is 4.79 Å². The van der Waals surface area contributed by atoms with Crippen molar-refractivity contribution in [3.63, 3.8) is 0 Å². The fraction of sp³-hybridized carbons (Fsp3) is 0.353. The number of carbonyl (C=O) groups excluding carboxylic acids is 1. The van der Waals surface area contributed by atoms with E-state index >= 15 is 0 Å². The van der Waals surface area contributed by atoms with Crippen LogP contribution in [0.4, 0.5) is 0 Å². The summed E-state index contributed by atoms with van der Waals surface area (Å²) >= 11 is 0. The molecule has 2 aromatic rings. The maximum absolute atomic E-state index is 12.5. The molecule has 0 unspecified atom stereocenters. The van der Waals surface area contributed by atoms with E-state index in [0.717, 1.165) is 25.2 Å². The maximum Gasteiger partial charge on any atom is 0.227 e. The van der Waals surface area contributed by atoms with E-state index in [1.165, 1.54) is 10.8 Å². The van der Waals surface area contributed by atoms with Gasteiger partial charge in [-0.1, -0.05) is 42.5 Å². The van der Waals surface area contributed by atoms with Crippen molar-refractivity contribution in [2.45, 2.75) is 19.4 Å². The molecule has 3 rings (SSSR count). The highest BCUT2D eigenvalue weighted by molar-refractivity contribution is 5.90. The van der Waals surface area contributed by atoms with Crippen molar-refractivity contribution in [1.82, 2.24) is 10.2 Å². The average Bonchev–Trinajstić information content (AvgIpc) is 2.48. The molecule has 2 aromatic carbocycles. The first-order valence-corrected chi connectivity index (χ1v) is 7.22. The first kappa shape index (κ1) is 15.8. The zero-order chi connectivity index (χ0) is 13.9. The molecule has 0 radical (unpaired) electrons. The highest BCUT2D eigenvalue weighted by Crippen LogP contribution is 2.20. The normalized spacial score (nSPS) is 18.3. The molecule has 112 valence electrons. The molecule has 1 saturated heterocycles. The average molecular weight is 305 g/mol. The molecule has 0 aliphatic carbocycles. The van der Waals surface area contributed by atoms with Crippen LogP contribution in [0.3, 0.4) is 0 Å². The van der Waals surface area contributed by atoms with Crippen LogP contribution in [-0.2, 0) is 11.2 Å². The lowest BCUT2D eigenvalue weighted by molar-refractivity contribution is -0.133. The number of hydrogen-bond acceptors (Lipinski definition) is 2. The second-order valence-corrected chi connectivity index (χ2v) is 5.46. The highest BCUT2D eigenvalue weighted by Gasteiger charge is 2.23. The maximum atomic E-state index is 12.5. The van der Waals surface area contributed by atoms with Crippen molar-refractivity contribution in [3.05, 3.63) is 48.0 Å². The predicted molar refractivity (Wildman–Crippen MR) is 88.9 cm³/mol. The Bertz CT molecular complexity index is 624. The van der Waals surface area contributed by atoms with Gasteiger partial charge in [0, 0.05) is 25.7 Å². The largest absolute Gasteiger partial charge is 0.337 e. The Kier molecular flexibility index (Phi) is 5.21. The molecule has 1 aliphatic heterocycles. The number of piperazine rings is 1. The van der Waals surface area contributed by atoms with E-state index < -0.39 is 0 Å². The van der Waals surface area contributed by atoms with Gasteiger partial charge < -0.3 is 10.2 Å². The minimum Gasteiger partial charge on any atom is -0.337 e. The molecule has 1 atom stereocenters. The summed E-state index contributed by atoms with van der Waals surface area (Å²) in [5.74, 6) is 0.232. The van der Waals surface area contributed by atoms with Crippen LogP contribution in [0, 0.1) is 0 Å². The number of amides is 1. The number of halogens is 1. The van der Waals surface area contributed by atoms with E-state index in [9.17, 15) is 4.79 Å². The van der Waals surface area contributed by atoms with Crippen molar-refractivity contribution in [3.8, 4) is 0 Å². The van der Waals surface area contributed by atoms with E-state index in [1.807, 2.05) is 23.1 Å². The summed E-state index contributed by atoms with van der Waals surface area (Å²) in [5.41, 5.74) is 1.12. The Morgan fingerprint density at radius 3 is 2.81 bits per heavy atom. The van der Waals surface area contributed by atoms with Crippen molar-refractivity contribution in [1.29, 1.82) is 0 Å². The summed E-state index contributed by atoms with van der Waals surface area (Å²) < 4.78 is 0. The lowest BCUT2D eigenvalue weighted by atomic mass is 10.0. The van der Waals surface area contributed by atoms with E-state index in [-0.39, 0.29) is 24.4 Å². The lowest BCUT2D eigenvalue weighted by Crippen LogP contribution is -2.52. The van der Waals surface area contributed by atoms with Crippen LogP contribution in [-0.4, -0.2) is 36.5 Å². The van der Waals surface area contributed by atoms with Crippen LogP contribution in [0.25, 0.3) is 10.8 Å². The number of rotatable bonds is 2. The topological polar surface area (TPSA) is 32.3 Å². The predicted octanol–water partition coefficient (Wildman–Crippen LogP) is 2.62. The molecular formula is C17H21ClN2O. The third-order valence-electron chi connectivity index (χ3n) is 4.04. The lowest BCUT2D eigenvalue weighted by Gasteiger charge is -2.34. The van der Waals surface area contributed by atoms with Crippen molar-refractivity contribution in [2.24, 2.45) is 0 Å². The standard InChI is InChI=1S/C17H20N2O.ClH/c1-13-12-18-9-10-19(13)17(20)11-15-7-4-6-14-5-2-3-8-16(14)15;/h2-8,13,18H,9-12H2,1H3;1H/t13-;/m0./s1. The Morgan fingerprint density at radius 1 is 1.24 bits per heavy atom. The number of carbonyl (C=O) groups is 1. The van der Waals surface area contributed by atoms with Crippen molar-refractivity contribution in [2.75, 3.05) is 19.6 Å². The molecule has 1 aliphatic rings. The minimum atomic E-state index is 0. The Hall–Kier alpha value is -1.58. The number of nitrogens with zero attached hydrogens (tertiary/aromatic N) is 1. The van der Waals surface area contributed by atoms with E-state index in [1.54, 1.807) is 0 Å². The van der Waals surface area contributed by atoms with Gasteiger partial charge in [0.15, 0.2) is 0 Å². The van der Waals surface area contributed by atoms with Gasteiger partial charge in [-0.15, -0.1) is 12.4 Å². The third kappa shape index (κ3) is 3.36. The molecule has 0 aromatic heterocycles. The zero-order valence-electron chi connectivity index (χ0n) is 12.2. The van der Waals surface area contributed by atoms with E-state index in [4.69, 9.17) is 0 Å². The van der Waals surface area contributed by atoms with Gasteiger partial charge in [-0.2, -0.15) is 0 Å². The molecular weight excluding hydrogens is 284 g/mol. The molecule has 1 fully saturated rings. The summed E-state index contributed by atoms with van der Waals surface area (Å²) in [6, 6.07) is 14.7. The van der Waals surface area contributed by atoms with Crippen LogP contribution in [0.1, 0.15) is 12.5 Å². The van der Waals surface area contributed by atoms with Crippen LogP contribution < -0.4 is 5.32 Å². The van der Waals surface area contributed by atoms with Gasteiger partial charge in [0.2, 0.25) is 5.91 Å². The van der Waals surface area contributed by atoms with Crippen LogP contribution in [0.2, 0.25) is 0 Å². The summed E-state index contributed by atoms with van der Waals surface area (Å²) in [6.45, 7) is 4.70. The Labute approximate surface area is 131 Å². The summed E-state index contributed by atoms with van der Waals surface area (Å²) in [5, 5.41) is 5.71. The van der Waals surface area contributed by atoms with Gasteiger partial charge >= 0.3 is 0 Å². The Morgan fingerprint density at radius 2 is 2.00 bits per heavy atom. The fourth-order valence-corrected chi connectivity index (χ4v) is 2.92. The number of benzene rings is 2. The van der Waals surface area contributed by atoms with Crippen LogP contribution in [0.15, 0.2) is 42.5 Å². The number of nitrogens with one attached hydrogen (secondary N) is 1. The quantitative estimate of drug-likeness (QED) is 0.925. The number of hydrogen-bond donors (Lipinski definition) is 1. The molecule has 1 amide bonds. The smallest absolute Gasteiger partial charge is 0.227 e. The Balaban J connectivity index is 0.00000161. The highest BCUT2D eigenvalue weighted by atomic mass is 35.5. The molecule has 1 N–H and O–H groups in total. The molecule has 0 bridgehead atoms. The third-order valence-corrected chi connectivity index (χ3v) is 4.04. The number of fused-ring (bicyclic) bond motifs is 1. The molecule has 3 nitrogen and oxygen atoms in total. The molecule has 1 heterocycles. The van der Waals surface area contributed by atoms with Crippen LogP contribution >= 0.6 is 12.4 Å². The molecule has 0 saturated carbocycles.